The van der Waals surface area contributed by atoms with Crippen LogP contribution in [0, 0.1) is 0 Å². The topological polar surface area (TPSA) is 55.8 Å². The third-order valence-corrected chi connectivity index (χ3v) is 1.93. The molecule has 5 heteroatoms. The first-order valence-electron chi connectivity index (χ1n) is 5.30. The molecule has 0 heterocycles. The van der Waals surface area contributed by atoms with Crippen molar-refractivity contribution in [2.24, 2.45) is 0 Å². The molecule has 0 saturated heterocycles. The van der Waals surface area contributed by atoms with E-state index in [1.165, 1.54) is 6.92 Å². The summed E-state index contributed by atoms with van der Waals surface area (Å²) < 4.78 is 4.99. The monoisotopic (exact) mass is 237 g/mol. The van der Waals surface area contributed by atoms with Gasteiger partial charge in [-0.3, -0.25) is 4.79 Å². The van der Waals surface area contributed by atoms with Gasteiger partial charge in [-0.2, -0.15) is 0 Å². The van der Waals surface area contributed by atoms with Gasteiger partial charge in [0.25, 0.3) is 0 Å². The van der Waals surface area contributed by atoms with E-state index in [1.54, 1.807) is 6.92 Å². The SMILES string of the molecule is CCN(OC(C)=O)C(=O)OCc1ccccc1. The van der Waals surface area contributed by atoms with Crippen LogP contribution in [-0.2, 0) is 21.0 Å². The van der Waals surface area contributed by atoms with E-state index in [9.17, 15) is 9.59 Å². The van der Waals surface area contributed by atoms with Crippen LogP contribution in [0.2, 0.25) is 0 Å². The second kappa shape index (κ2) is 6.52. The van der Waals surface area contributed by atoms with Crippen LogP contribution in [0.5, 0.6) is 0 Å². The van der Waals surface area contributed by atoms with Crippen LogP contribution >= 0.6 is 0 Å². The molecule has 0 fully saturated rings. The smallest absolute Gasteiger partial charge is 0.442 e. The molecule has 0 radical (unpaired) electrons. The van der Waals surface area contributed by atoms with Crippen LogP contribution in [0.1, 0.15) is 19.4 Å². The molecule has 1 rings (SSSR count). The molecule has 17 heavy (non-hydrogen) atoms. The van der Waals surface area contributed by atoms with Crippen molar-refractivity contribution < 1.29 is 19.2 Å². The van der Waals surface area contributed by atoms with Gasteiger partial charge in [0.1, 0.15) is 6.61 Å². The van der Waals surface area contributed by atoms with Gasteiger partial charge in [0.2, 0.25) is 0 Å². The van der Waals surface area contributed by atoms with Crippen molar-refractivity contribution in [1.29, 1.82) is 0 Å². The minimum atomic E-state index is -0.674. The Bertz CT molecular complexity index is 377. The highest BCUT2D eigenvalue weighted by molar-refractivity contribution is 5.71. The fraction of sp³-hybridized carbons (Fsp3) is 0.333. The first-order valence-corrected chi connectivity index (χ1v) is 5.30. The normalized spacial score (nSPS) is 9.53. The molecule has 0 aromatic heterocycles. The Kier molecular flexibility index (Phi) is 5.00. The first kappa shape index (κ1) is 13.0. The van der Waals surface area contributed by atoms with E-state index in [0.717, 1.165) is 10.6 Å². The highest BCUT2D eigenvalue weighted by atomic mass is 16.7. The number of hydrogen-bond donors (Lipinski definition) is 0. The molecule has 0 unspecified atom stereocenters. The highest BCUT2D eigenvalue weighted by Gasteiger charge is 2.16. The fourth-order valence-electron chi connectivity index (χ4n) is 1.18. The molecule has 0 aliphatic heterocycles. The second-order valence-electron chi connectivity index (χ2n) is 3.32. The number of amides is 1. The van der Waals surface area contributed by atoms with Gasteiger partial charge >= 0.3 is 12.1 Å². The van der Waals surface area contributed by atoms with Crippen molar-refractivity contribution in [2.75, 3.05) is 6.54 Å². The number of carbonyl (C=O) groups excluding carboxylic acids is 2. The Morgan fingerprint density at radius 3 is 2.41 bits per heavy atom. The van der Waals surface area contributed by atoms with Crippen molar-refractivity contribution in [3.8, 4) is 0 Å². The lowest BCUT2D eigenvalue weighted by Gasteiger charge is -2.17. The molecule has 0 atom stereocenters. The molecule has 0 spiro atoms. The van der Waals surface area contributed by atoms with Gasteiger partial charge < -0.3 is 9.57 Å². The van der Waals surface area contributed by atoms with E-state index in [-0.39, 0.29) is 13.2 Å². The van der Waals surface area contributed by atoms with Gasteiger partial charge in [-0.25, -0.2) is 4.79 Å². The van der Waals surface area contributed by atoms with Crippen LogP contribution in [0.3, 0.4) is 0 Å². The summed E-state index contributed by atoms with van der Waals surface area (Å²) >= 11 is 0. The lowest BCUT2D eigenvalue weighted by atomic mass is 10.2. The van der Waals surface area contributed by atoms with E-state index < -0.39 is 12.1 Å². The van der Waals surface area contributed by atoms with Gasteiger partial charge in [-0.1, -0.05) is 30.3 Å². The molecule has 0 aliphatic carbocycles. The summed E-state index contributed by atoms with van der Waals surface area (Å²) in [5.74, 6) is -0.552. The van der Waals surface area contributed by atoms with Crippen molar-refractivity contribution in [3.05, 3.63) is 35.9 Å². The Morgan fingerprint density at radius 1 is 1.24 bits per heavy atom. The highest BCUT2D eigenvalue weighted by Crippen LogP contribution is 2.03. The van der Waals surface area contributed by atoms with E-state index in [4.69, 9.17) is 4.74 Å². The average Bonchev–Trinajstić information content (AvgIpc) is 2.34. The summed E-state index contributed by atoms with van der Waals surface area (Å²) in [7, 11) is 0. The van der Waals surface area contributed by atoms with Gasteiger partial charge in [-0.05, 0) is 12.5 Å². The van der Waals surface area contributed by atoms with Crippen molar-refractivity contribution in [3.63, 3.8) is 0 Å². The predicted molar refractivity (Wildman–Crippen MR) is 60.8 cm³/mol. The van der Waals surface area contributed by atoms with Crippen LogP contribution in [0.25, 0.3) is 0 Å². The summed E-state index contributed by atoms with van der Waals surface area (Å²) in [6.45, 7) is 3.31. The number of nitrogens with zero attached hydrogens (tertiary/aromatic N) is 1. The Labute approximate surface area is 99.9 Å². The molecule has 1 aromatic rings. The van der Waals surface area contributed by atoms with Crippen molar-refractivity contribution >= 4 is 12.1 Å². The fourth-order valence-corrected chi connectivity index (χ4v) is 1.18. The minimum absolute atomic E-state index is 0.150. The summed E-state index contributed by atoms with van der Waals surface area (Å²) in [5, 5.41) is 0.880. The lowest BCUT2D eigenvalue weighted by molar-refractivity contribution is -0.178. The quantitative estimate of drug-likeness (QED) is 0.755. The number of ether oxygens (including phenoxy) is 1. The molecule has 1 aromatic carbocycles. The van der Waals surface area contributed by atoms with Crippen molar-refractivity contribution in [1.82, 2.24) is 5.06 Å². The third kappa shape index (κ3) is 4.55. The maximum absolute atomic E-state index is 11.5. The van der Waals surface area contributed by atoms with Crippen LogP contribution in [0.4, 0.5) is 4.79 Å². The van der Waals surface area contributed by atoms with E-state index in [1.807, 2.05) is 30.3 Å². The average molecular weight is 237 g/mol. The predicted octanol–water partition coefficient (Wildman–Crippen LogP) is 2.12. The largest absolute Gasteiger partial charge is 0.443 e. The van der Waals surface area contributed by atoms with E-state index in [2.05, 4.69) is 4.84 Å². The van der Waals surface area contributed by atoms with Crippen LogP contribution < -0.4 is 0 Å². The van der Waals surface area contributed by atoms with Gasteiger partial charge in [-0.15, -0.1) is 5.06 Å². The maximum Gasteiger partial charge on any atom is 0.443 e. The molecule has 1 amide bonds. The van der Waals surface area contributed by atoms with Gasteiger partial charge in [0.15, 0.2) is 0 Å². The molecule has 0 bridgehead atoms. The maximum atomic E-state index is 11.5. The zero-order valence-corrected chi connectivity index (χ0v) is 9.88. The molecule has 92 valence electrons. The van der Waals surface area contributed by atoms with Gasteiger partial charge in [0, 0.05) is 6.92 Å². The lowest BCUT2D eigenvalue weighted by Crippen LogP contribution is -2.33. The van der Waals surface area contributed by atoms with Crippen LogP contribution in [-0.4, -0.2) is 23.7 Å². The zero-order valence-electron chi connectivity index (χ0n) is 9.88. The number of benzene rings is 1. The molecular weight excluding hydrogens is 222 g/mol. The molecule has 0 N–H and O–H groups in total. The second-order valence-corrected chi connectivity index (χ2v) is 3.32. The minimum Gasteiger partial charge on any atom is -0.442 e. The number of hydroxylamine groups is 2. The molecule has 0 aliphatic rings. The standard InChI is InChI=1S/C12H15NO4/c1-3-13(17-10(2)14)12(15)16-9-11-7-5-4-6-8-11/h4-8H,3,9H2,1-2H3. The first-order chi connectivity index (χ1) is 8.13. The van der Waals surface area contributed by atoms with Gasteiger partial charge in [0.05, 0.1) is 6.54 Å². The summed E-state index contributed by atoms with van der Waals surface area (Å²) in [4.78, 5) is 26.9. The van der Waals surface area contributed by atoms with Crippen molar-refractivity contribution in [2.45, 2.75) is 20.5 Å². The number of carbonyl (C=O) groups is 2. The number of rotatable bonds is 3. The van der Waals surface area contributed by atoms with E-state index >= 15 is 0 Å². The summed E-state index contributed by atoms with van der Waals surface area (Å²) in [6, 6.07) is 9.27. The zero-order chi connectivity index (χ0) is 12.7. The Morgan fingerprint density at radius 2 is 1.88 bits per heavy atom. The Balaban J connectivity index is 2.45. The molecular formula is C12H15NO4. The molecule has 5 nitrogen and oxygen atoms in total. The molecule has 0 saturated carbocycles. The third-order valence-electron chi connectivity index (χ3n) is 1.93. The summed E-state index contributed by atoms with van der Waals surface area (Å²) in [6.07, 6.45) is -0.674. The van der Waals surface area contributed by atoms with Crippen LogP contribution in [0.15, 0.2) is 30.3 Å². The van der Waals surface area contributed by atoms with E-state index in [0.29, 0.717) is 0 Å². The number of hydrogen-bond acceptors (Lipinski definition) is 4. The summed E-state index contributed by atoms with van der Waals surface area (Å²) in [5.41, 5.74) is 0.875. The Hall–Kier alpha value is -2.04.